The molecular weight excluding hydrogens is 311 g/mol. The van der Waals surface area contributed by atoms with Gasteiger partial charge in [0.25, 0.3) is 0 Å². The molecule has 0 aliphatic heterocycles. The third kappa shape index (κ3) is 3.75. The quantitative estimate of drug-likeness (QED) is 0.935. The number of ether oxygens (including phenoxy) is 1. The van der Waals surface area contributed by atoms with Crippen molar-refractivity contribution < 1.29 is 9.13 Å². The summed E-state index contributed by atoms with van der Waals surface area (Å²) >= 11 is 3.32. The van der Waals surface area contributed by atoms with Crippen LogP contribution in [0.4, 0.5) is 4.39 Å². The molecule has 3 nitrogen and oxygen atoms in total. The molecule has 1 heterocycles. The van der Waals surface area contributed by atoms with Gasteiger partial charge in [0.15, 0.2) is 0 Å². The summed E-state index contributed by atoms with van der Waals surface area (Å²) < 4.78 is 19.8. The molecule has 2 rings (SSSR count). The molecule has 0 saturated carbocycles. The number of halogens is 2. The third-order valence-corrected chi connectivity index (χ3v) is 3.10. The average Bonchev–Trinajstić information content (AvgIpc) is 2.39. The Morgan fingerprint density at radius 3 is 2.79 bits per heavy atom. The van der Waals surface area contributed by atoms with Crippen LogP contribution < -0.4 is 10.5 Å². The SMILES string of the molecule is CC(N)c1cc(F)ccc1OCc1ccc(Br)cn1. The van der Waals surface area contributed by atoms with E-state index in [1.807, 2.05) is 12.1 Å². The smallest absolute Gasteiger partial charge is 0.130 e. The first-order valence-corrected chi connectivity index (χ1v) is 6.64. The summed E-state index contributed by atoms with van der Waals surface area (Å²) in [4.78, 5) is 4.21. The Kier molecular flexibility index (Phi) is 4.50. The number of nitrogens with zero attached hydrogens (tertiary/aromatic N) is 1. The first-order valence-electron chi connectivity index (χ1n) is 5.84. The van der Waals surface area contributed by atoms with Crippen molar-refractivity contribution in [2.75, 3.05) is 0 Å². The summed E-state index contributed by atoms with van der Waals surface area (Å²) in [5.41, 5.74) is 7.25. The van der Waals surface area contributed by atoms with Gasteiger partial charge in [-0.3, -0.25) is 4.98 Å². The van der Waals surface area contributed by atoms with Crippen LogP contribution in [0.5, 0.6) is 5.75 Å². The minimum atomic E-state index is -0.318. The molecule has 0 fully saturated rings. The predicted molar refractivity (Wildman–Crippen MR) is 75.3 cm³/mol. The largest absolute Gasteiger partial charge is 0.487 e. The number of aromatic nitrogens is 1. The maximum absolute atomic E-state index is 13.2. The standard InChI is InChI=1S/C14H14BrFN2O/c1-9(17)13-6-11(16)3-5-14(13)19-8-12-4-2-10(15)7-18-12/h2-7,9H,8,17H2,1H3. The monoisotopic (exact) mass is 324 g/mol. The van der Waals surface area contributed by atoms with Crippen LogP contribution >= 0.6 is 15.9 Å². The molecule has 0 saturated heterocycles. The van der Waals surface area contributed by atoms with Crippen LogP contribution in [-0.2, 0) is 6.61 Å². The summed E-state index contributed by atoms with van der Waals surface area (Å²) in [6, 6.07) is 7.81. The molecule has 1 unspecified atom stereocenters. The first kappa shape index (κ1) is 14.0. The predicted octanol–water partition coefficient (Wildman–Crippen LogP) is 3.58. The highest BCUT2D eigenvalue weighted by Gasteiger charge is 2.10. The van der Waals surface area contributed by atoms with E-state index in [1.54, 1.807) is 19.2 Å². The molecule has 1 aromatic heterocycles. The maximum atomic E-state index is 13.2. The zero-order chi connectivity index (χ0) is 13.8. The fourth-order valence-electron chi connectivity index (χ4n) is 1.65. The lowest BCUT2D eigenvalue weighted by atomic mass is 10.1. The van der Waals surface area contributed by atoms with E-state index in [1.165, 1.54) is 12.1 Å². The minimum absolute atomic E-state index is 0.288. The van der Waals surface area contributed by atoms with Crippen molar-refractivity contribution in [3.8, 4) is 5.75 Å². The molecule has 0 bridgehead atoms. The van der Waals surface area contributed by atoms with E-state index in [4.69, 9.17) is 10.5 Å². The van der Waals surface area contributed by atoms with Crippen molar-refractivity contribution in [3.63, 3.8) is 0 Å². The van der Waals surface area contributed by atoms with Gasteiger partial charge in [0.1, 0.15) is 18.2 Å². The molecule has 5 heteroatoms. The second-order valence-electron chi connectivity index (χ2n) is 4.23. The van der Waals surface area contributed by atoms with Crippen LogP contribution in [0.1, 0.15) is 24.2 Å². The van der Waals surface area contributed by atoms with E-state index >= 15 is 0 Å². The molecule has 0 amide bonds. The Labute approximate surface area is 119 Å². The topological polar surface area (TPSA) is 48.1 Å². The molecule has 1 atom stereocenters. The fourth-order valence-corrected chi connectivity index (χ4v) is 1.88. The van der Waals surface area contributed by atoms with Crippen molar-refractivity contribution in [2.24, 2.45) is 5.73 Å². The first-order chi connectivity index (χ1) is 9.06. The Morgan fingerprint density at radius 1 is 1.37 bits per heavy atom. The van der Waals surface area contributed by atoms with Gasteiger partial charge < -0.3 is 10.5 Å². The summed E-state index contributed by atoms with van der Waals surface area (Å²) in [6.07, 6.45) is 1.70. The van der Waals surface area contributed by atoms with Crippen molar-refractivity contribution in [3.05, 3.63) is 58.1 Å². The molecule has 1 aromatic carbocycles. The van der Waals surface area contributed by atoms with Crippen LogP contribution in [0.25, 0.3) is 0 Å². The molecule has 0 spiro atoms. The van der Waals surface area contributed by atoms with Gasteiger partial charge in [-0.1, -0.05) is 0 Å². The van der Waals surface area contributed by atoms with E-state index in [0.29, 0.717) is 17.9 Å². The molecule has 0 aliphatic rings. The molecule has 19 heavy (non-hydrogen) atoms. The average molecular weight is 325 g/mol. The lowest BCUT2D eigenvalue weighted by Gasteiger charge is -2.13. The van der Waals surface area contributed by atoms with Crippen LogP contribution in [-0.4, -0.2) is 4.98 Å². The summed E-state index contributed by atoms with van der Waals surface area (Å²) in [5, 5.41) is 0. The van der Waals surface area contributed by atoms with Crippen LogP contribution in [0.15, 0.2) is 41.0 Å². The van der Waals surface area contributed by atoms with E-state index in [0.717, 1.165) is 10.2 Å². The summed E-state index contributed by atoms with van der Waals surface area (Å²) in [7, 11) is 0. The van der Waals surface area contributed by atoms with Gasteiger partial charge in [0, 0.05) is 22.3 Å². The molecule has 0 radical (unpaired) electrons. The number of benzene rings is 1. The molecular formula is C14H14BrFN2O. The Balaban J connectivity index is 2.13. The van der Waals surface area contributed by atoms with Crippen LogP contribution in [0, 0.1) is 5.82 Å². The van der Waals surface area contributed by atoms with Crippen LogP contribution in [0.2, 0.25) is 0 Å². The van der Waals surface area contributed by atoms with Gasteiger partial charge in [-0.05, 0) is 53.2 Å². The molecule has 2 aromatic rings. The number of nitrogens with two attached hydrogens (primary N) is 1. The van der Waals surface area contributed by atoms with Gasteiger partial charge >= 0.3 is 0 Å². The van der Waals surface area contributed by atoms with Crippen molar-refractivity contribution >= 4 is 15.9 Å². The minimum Gasteiger partial charge on any atom is -0.487 e. The zero-order valence-electron chi connectivity index (χ0n) is 10.4. The Morgan fingerprint density at radius 2 is 2.16 bits per heavy atom. The highest BCUT2D eigenvalue weighted by atomic mass is 79.9. The molecule has 0 aliphatic carbocycles. The highest BCUT2D eigenvalue weighted by Crippen LogP contribution is 2.25. The second kappa shape index (κ2) is 6.12. The normalized spacial score (nSPS) is 12.2. The number of rotatable bonds is 4. The molecule has 2 N–H and O–H groups in total. The number of hydrogen-bond donors (Lipinski definition) is 1. The van der Waals surface area contributed by atoms with E-state index < -0.39 is 0 Å². The highest BCUT2D eigenvalue weighted by molar-refractivity contribution is 9.10. The van der Waals surface area contributed by atoms with Crippen LogP contribution in [0.3, 0.4) is 0 Å². The van der Waals surface area contributed by atoms with Gasteiger partial charge in [0.05, 0.1) is 5.69 Å². The van der Waals surface area contributed by atoms with E-state index in [9.17, 15) is 4.39 Å². The lowest BCUT2D eigenvalue weighted by Crippen LogP contribution is -2.09. The maximum Gasteiger partial charge on any atom is 0.130 e. The number of hydrogen-bond acceptors (Lipinski definition) is 3. The van der Waals surface area contributed by atoms with Gasteiger partial charge in [-0.15, -0.1) is 0 Å². The molecule has 100 valence electrons. The van der Waals surface area contributed by atoms with Crippen molar-refractivity contribution in [1.29, 1.82) is 0 Å². The third-order valence-electron chi connectivity index (χ3n) is 2.63. The Hall–Kier alpha value is -1.46. The van der Waals surface area contributed by atoms with Crippen molar-refractivity contribution in [2.45, 2.75) is 19.6 Å². The van der Waals surface area contributed by atoms with Gasteiger partial charge in [0.2, 0.25) is 0 Å². The summed E-state index contributed by atoms with van der Waals surface area (Å²) in [5.74, 6) is 0.266. The van der Waals surface area contributed by atoms with E-state index in [-0.39, 0.29) is 11.9 Å². The van der Waals surface area contributed by atoms with E-state index in [2.05, 4.69) is 20.9 Å². The Bertz CT molecular complexity index is 558. The summed E-state index contributed by atoms with van der Waals surface area (Å²) in [6.45, 7) is 2.11. The lowest BCUT2D eigenvalue weighted by molar-refractivity contribution is 0.296. The fraction of sp³-hybridized carbons (Fsp3) is 0.214. The van der Waals surface area contributed by atoms with Crippen molar-refractivity contribution in [1.82, 2.24) is 4.98 Å². The van der Waals surface area contributed by atoms with Gasteiger partial charge in [-0.2, -0.15) is 0 Å². The number of pyridine rings is 1. The zero-order valence-corrected chi connectivity index (χ0v) is 12.0. The van der Waals surface area contributed by atoms with Gasteiger partial charge in [-0.25, -0.2) is 4.39 Å². The second-order valence-corrected chi connectivity index (χ2v) is 5.14.